The lowest BCUT2D eigenvalue weighted by Gasteiger charge is -2.45. The minimum absolute atomic E-state index is 0.0102. The fraction of sp³-hybridized carbons (Fsp3) is 0.600. The molecule has 31 heavy (non-hydrogen) atoms. The van der Waals surface area contributed by atoms with Crippen LogP contribution in [0.1, 0.15) is 55.2 Å². The monoisotopic (exact) mass is 421 g/mol. The molecule has 1 heterocycles. The fourth-order valence-corrected chi connectivity index (χ4v) is 5.75. The number of ether oxygens (including phenoxy) is 2. The summed E-state index contributed by atoms with van der Waals surface area (Å²) in [4.78, 5) is 20.6. The van der Waals surface area contributed by atoms with Crippen LogP contribution >= 0.6 is 0 Å². The van der Waals surface area contributed by atoms with Gasteiger partial charge in [-0.15, -0.1) is 0 Å². The lowest BCUT2D eigenvalue weighted by atomic mass is 9.61. The van der Waals surface area contributed by atoms with E-state index in [9.17, 15) is 4.79 Å². The van der Waals surface area contributed by atoms with Crippen molar-refractivity contribution in [3.63, 3.8) is 0 Å². The number of aliphatic imine (C=N–C) groups is 1. The molecule has 4 aliphatic rings. The topological polar surface area (TPSA) is 77.2 Å². The summed E-state index contributed by atoms with van der Waals surface area (Å²) in [5.74, 6) is 7.50. The van der Waals surface area contributed by atoms with Gasteiger partial charge in [-0.25, -0.2) is 4.99 Å². The van der Waals surface area contributed by atoms with Crippen molar-refractivity contribution in [2.75, 3.05) is 27.4 Å². The number of nitrogens with two attached hydrogens (primary N) is 1. The summed E-state index contributed by atoms with van der Waals surface area (Å²) in [6.45, 7) is 0.844. The second kappa shape index (κ2) is 7.65. The van der Waals surface area contributed by atoms with Gasteiger partial charge in [-0.1, -0.05) is 17.9 Å². The molecule has 5 rings (SSSR count). The van der Waals surface area contributed by atoms with Gasteiger partial charge in [0.05, 0.1) is 19.3 Å². The van der Waals surface area contributed by atoms with Gasteiger partial charge in [-0.3, -0.25) is 9.69 Å². The van der Waals surface area contributed by atoms with Crippen LogP contribution in [0.25, 0.3) is 0 Å². The van der Waals surface area contributed by atoms with Crippen LogP contribution < -0.4 is 5.73 Å². The van der Waals surface area contributed by atoms with Crippen LogP contribution in [0.3, 0.4) is 0 Å². The lowest BCUT2D eigenvalue weighted by molar-refractivity contribution is -0.138. The molecule has 6 heteroatoms. The van der Waals surface area contributed by atoms with Crippen LogP contribution in [0.15, 0.2) is 23.2 Å². The van der Waals surface area contributed by atoms with Gasteiger partial charge < -0.3 is 15.2 Å². The average molecular weight is 422 g/mol. The maximum absolute atomic E-state index is 14.0. The molecule has 1 atom stereocenters. The SMILES string of the molecule is COCCN1C(=O)[C@@]2(N=C1N)c1cc(C#CC3CC3)ccc1CC21CCC(OC)CC1. The number of fused-ring (bicyclic) bond motifs is 3. The summed E-state index contributed by atoms with van der Waals surface area (Å²) in [6.07, 6.45) is 7.12. The van der Waals surface area contributed by atoms with Crippen LogP contribution in [0.2, 0.25) is 0 Å². The highest BCUT2D eigenvalue weighted by Crippen LogP contribution is 2.61. The normalized spacial score (nSPS) is 31.7. The van der Waals surface area contributed by atoms with Crippen molar-refractivity contribution >= 4 is 11.9 Å². The Kier molecular flexibility index (Phi) is 5.07. The molecular formula is C25H31N3O3. The molecule has 164 valence electrons. The van der Waals surface area contributed by atoms with E-state index in [1.807, 2.05) is 0 Å². The third kappa shape index (κ3) is 3.18. The second-order valence-electron chi connectivity index (χ2n) is 9.44. The largest absolute Gasteiger partial charge is 0.383 e. The summed E-state index contributed by atoms with van der Waals surface area (Å²) in [5.41, 5.74) is 8.29. The molecule has 0 saturated heterocycles. The Bertz CT molecular complexity index is 979. The Morgan fingerprint density at radius 3 is 2.68 bits per heavy atom. The minimum atomic E-state index is -0.962. The first kappa shape index (κ1) is 20.5. The molecule has 1 amide bonds. The molecule has 0 radical (unpaired) electrons. The number of rotatable bonds is 4. The van der Waals surface area contributed by atoms with Crippen molar-refractivity contribution in [3.8, 4) is 11.8 Å². The van der Waals surface area contributed by atoms with Gasteiger partial charge in [0.1, 0.15) is 0 Å². The number of carbonyl (C=O) groups is 1. The first-order chi connectivity index (χ1) is 15.0. The van der Waals surface area contributed by atoms with E-state index < -0.39 is 5.54 Å². The first-order valence-corrected chi connectivity index (χ1v) is 11.4. The zero-order valence-corrected chi connectivity index (χ0v) is 18.4. The van der Waals surface area contributed by atoms with E-state index in [1.54, 1.807) is 19.1 Å². The van der Waals surface area contributed by atoms with E-state index in [-0.39, 0.29) is 17.4 Å². The van der Waals surface area contributed by atoms with Gasteiger partial charge in [0.15, 0.2) is 11.5 Å². The molecule has 0 unspecified atom stereocenters. The quantitative estimate of drug-likeness (QED) is 0.758. The molecule has 2 N–H and O–H groups in total. The molecule has 0 aromatic heterocycles. The summed E-state index contributed by atoms with van der Waals surface area (Å²) >= 11 is 0. The molecular weight excluding hydrogens is 390 g/mol. The maximum atomic E-state index is 14.0. The zero-order valence-electron chi connectivity index (χ0n) is 18.4. The predicted molar refractivity (Wildman–Crippen MR) is 118 cm³/mol. The highest BCUT2D eigenvalue weighted by Gasteiger charge is 2.66. The van der Waals surface area contributed by atoms with Crippen molar-refractivity contribution in [1.29, 1.82) is 0 Å². The van der Waals surface area contributed by atoms with Crippen LogP contribution in [0.5, 0.6) is 0 Å². The van der Waals surface area contributed by atoms with Crippen molar-refractivity contribution in [2.45, 2.75) is 56.6 Å². The number of methoxy groups -OCH3 is 2. The Morgan fingerprint density at radius 2 is 2.00 bits per heavy atom. The molecule has 1 aromatic carbocycles. The first-order valence-electron chi connectivity index (χ1n) is 11.4. The van der Waals surface area contributed by atoms with E-state index in [2.05, 4.69) is 30.0 Å². The molecule has 0 bridgehead atoms. The van der Waals surface area contributed by atoms with Gasteiger partial charge >= 0.3 is 0 Å². The fourth-order valence-electron chi connectivity index (χ4n) is 5.75. The third-order valence-corrected chi connectivity index (χ3v) is 7.65. The molecule has 2 spiro atoms. The van der Waals surface area contributed by atoms with E-state index in [0.29, 0.717) is 25.0 Å². The van der Waals surface area contributed by atoms with Gasteiger partial charge in [-0.2, -0.15) is 0 Å². The molecule has 2 saturated carbocycles. The smallest absolute Gasteiger partial charge is 0.262 e. The number of hydrogen-bond acceptors (Lipinski definition) is 5. The van der Waals surface area contributed by atoms with E-state index >= 15 is 0 Å². The highest BCUT2D eigenvalue weighted by atomic mass is 16.5. The number of guanidine groups is 1. The molecule has 1 aliphatic heterocycles. The average Bonchev–Trinajstić information content (AvgIpc) is 3.53. The summed E-state index contributed by atoms with van der Waals surface area (Å²) in [7, 11) is 3.41. The minimum Gasteiger partial charge on any atom is -0.383 e. The standard InChI is InChI=1S/C25H31N3O3/c1-30-14-13-28-22(29)25(27-23(28)26)21-15-18(6-5-17-3-4-17)7-8-19(21)16-24(25)11-9-20(31-2)10-12-24/h7-8,15,17,20H,3-4,9-14,16H2,1-2H3,(H2,26,27)/t20?,24?,25-/m0/s1. The number of carbonyl (C=O) groups excluding carboxylic acids is 1. The molecule has 1 aromatic rings. The highest BCUT2D eigenvalue weighted by molar-refractivity contribution is 6.08. The van der Waals surface area contributed by atoms with Gasteiger partial charge in [0, 0.05) is 31.1 Å². The molecule has 3 aliphatic carbocycles. The van der Waals surface area contributed by atoms with Crippen LogP contribution in [0, 0.1) is 23.2 Å². The predicted octanol–water partition coefficient (Wildman–Crippen LogP) is 2.58. The van der Waals surface area contributed by atoms with Gasteiger partial charge in [-0.05, 0) is 68.2 Å². The van der Waals surface area contributed by atoms with Crippen molar-refractivity contribution in [2.24, 2.45) is 22.1 Å². The third-order valence-electron chi connectivity index (χ3n) is 7.65. The second-order valence-corrected chi connectivity index (χ2v) is 9.44. The van der Waals surface area contributed by atoms with Crippen molar-refractivity contribution < 1.29 is 14.3 Å². The van der Waals surface area contributed by atoms with Crippen molar-refractivity contribution in [1.82, 2.24) is 4.90 Å². The van der Waals surface area contributed by atoms with Crippen molar-refractivity contribution in [3.05, 3.63) is 34.9 Å². The number of hydrogen-bond donors (Lipinski definition) is 1. The summed E-state index contributed by atoms with van der Waals surface area (Å²) in [6, 6.07) is 6.36. The molecule has 6 nitrogen and oxygen atoms in total. The van der Waals surface area contributed by atoms with Gasteiger partial charge in [0.25, 0.3) is 5.91 Å². The zero-order chi connectivity index (χ0) is 21.6. The lowest BCUT2D eigenvalue weighted by Crippen LogP contribution is -2.52. The number of nitrogens with zero attached hydrogens (tertiary/aromatic N) is 2. The summed E-state index contributed by atoms with van der Waals surface area (Å²) < 4.78 is 10.9. The number of amides is 1. The Morgan fingerprint density at radius 1 is 1.23 bits per heavy atom. The Balaban J connectivity index is 1.59. The Hall–Kier alpha value is -2.36. The van der Waals surface area contributed by atoms with E-state index in [1.165, 1.54) is 18.4 Å². The van der Waals surface area contributed by atoms with E-state index in [0.717, 1.165) is 43.2 Å². The summed E-state index contributed by atoms with van der Waals surface area (Å²) in [5, 5.41) is 0. The number of benzene rings is 1. The van der Waals surface area contributed by atoms with Gasteiger partial charge in [0.2, 0.25) is 0 Å². The van der Waals surface area contributed by atoms with E-state index in [4.69, 9.17) is 20.2 Å². The van der Waals surface area contributed by atoms with Crippen LogP contribution in [-0.2, 0) is 26.2 Å². The molecule has 2 fully saturated rings. The van der Waals surface area contributed by atoms with Crippen LogP contribution in [-0.4, -0.2) is 50.2 Å². The van der Waals surface area contributed by atoms with Crippen LogP contribution in [0.4, 0.5) is 0 Å². The Labute approximate surface area is 184 Å². The maximum Gasteiger partial charge on any atom is 0.262 e.